The number of carbonyl (C=O) groups is 1. The third-order valence-electron chi connectivity index (χ3n) is 2.84. The molecule has 19 heavy (non-hydrogen) atoms. The van der Waals surface area contributed by atoms with Crippen molar-refractivity contribution in [3.63, 3.8) is 0 Å². The van der Waals surface area contributed by atoms with Crippen LogP contribution < -0.4 is 5.32 Å². The lowest BCUT2D eigenvalue weighted by Crippen LogP contribution is -2.26. The number of aryl methyl sites for hydroxylation is 1. The summed E-state index contributed by atoms with van der Waals surface area (Å²) in [5, 5.41) is 2.53. The van der Waals surface area contributed by atoms with Gasteiger partial charge >= 0.3 is 0 Å². The molecule has 0 aliphatic carbocycles. The lowest BCUT2D eigenvalue weighted by molar-refractivity contribution is 0.0924. The van der Waals surface area contributed by atoms with E-state index in [9.17, 15) is 4.79 Å². The zero-order valence-electron chi connectivity index (χ0n) is 10.7. The molecule has 1 aromatic carbocycles. The highest BCUT2D eigenvalue weighted by Gasteiger charge is 2.13. The van der Waals surface area contributed by atoms with Gasteiger partial charge in [0, 0.05) is 13.0 Å². The lowest BCUT2D eigenvalue weighted by Gasteiger charge is -2.10. The molecule has 0 saturated heterocycles. The summed E-state index contributed by atoms with van der Waals surface area (Å²) in [5.74, 6) is 0.894. The minimum atomic E-state index is -0.245. The van der Waals surface area contributed by atoms with Gasteiger partial charge in [-0.25, -0.2) is 0 Å². The molecule has 1 aromatic heterocycles. The van der Waals surface area contributed by atoms with Crippen LogP contribution in [0, 0.1) is 0 Å². The van der Waals surface area contributed by atoms with E-state index in [1.54, 1.807) is 6.07 Å². The number of hydrogen-bond acceptors (Lipinski definition) is 2. The number of rotatable bonds is 5. The maximum absolute atomic E-state index is 11.8. The quantitative estimate of drug-likeness (QED) is 0.849. The molecule has 2 rings (SSSR count). The molecule has 0 aliphatic heterocycles. The van der Waals surface area contributed by atoms with Gasteiger partial charge in [0.15, 0.2) is 5.76 Å². The van der Waals surface area contributed by atoms with Gasteiger partial charge in [-0.15, -0.1) is 11.6 Å². The Labute approximate surface area is 117 Å². The Morgan fingerprint density at radius 1 is 1.26 bits per heavy atom. The van der Waals surface area contributed by atoms with Crippen molar-refractivity contribution in [1.29, 1.82) is 0 Å². The van der Waals surface area contributed by atoms with Gasteiger partial charge in [0.2, 0.25) is 0 Å². The van der Waals surface area contributed by atoms with Crippen molar-refractivity contribution < 1.29 is 9.21 Å². The van der Waals surface area contributed by atoms with Gasteiger partial charge in [-0.3, -0.25) is 4.79 Å². The highest BCUT2D eigenvalue weighted by Crippen LogP contribution is 2.19. The molecule has 4 heteroatoms. The SMILES string of the molecule is CCc1ccc(C(=O)NCC(Cl)c2ccccc2)o1. The van der Waals surface area contributed by atoms with Crippen molar-refractivity contribution in [2.24, 2.45) is 0 Å². The summed E-state index contributed by atoms with van der Waals surface area (Å²) in [5.41, 5.74) is 0.984. The Bertz CT molecular complexity index is 536. The van der Waals surface area contributed by atoms with Crippen LogP contribution in [0.15, 0.2) is 46.9 Å². The van der Waals surface area contributed by atoms with Gasteiger partial charge in [0.25, 0.3) is 5.91 Å². The summed E-state index contributed by atoms with van der Waals surface area (Å²) >= 11 is 6.22. The normalized spacial score (nSPS) is 12.1. The van der Waals surface area contributed by atoms with E-state index in [2.05, 4.69) is 5.32 Å². The van der Waals surface area contributed by atoms with Gasteiger partial charge in [0.1, 0.15) is 5.76 Å². The largest absolute Gasteiger partial charge is 0.456 e. The highest BCUT2D eigenvalue weighted by molar-refractivity contribution is 6.21. The summed E-state index contributed by atoms with van der Waals surface area (Å²) in [6, 6.07) is 13.1. The van der Waals surface area contributed by atoms with Crippen LogP contribution in [0.4, 0.5) is 0 Å². The fourth-order valence-corrected chi connectivity index (χ4v) is 1.96. The molecule has 1 atom stereocenters. The third-order valence-corrected chi connectivity index (χ3v) is 3.24. The maximum Gasteiger partial charge on any atom is 0.287 e. The Kier molecular flexibility index (Phi) is 4.63. The van der Waals surface area contributed by atoms with Crippen LogP contribution in [-0.2, 0) is 6.42 Å². The summed E-state index contributed by atoms with van der Waals surface area (Å²) in [7, 11) is 0. The molecular formula is C15H16ClNO2. The summed E-state index contributed by atoms with van der Waals surface area (Å²) in [6.07, 6.45) is 0.773. The minimum absolute atomic E-state index is 0.235. The average molecular weight is 278 g/mol. The maximum atomic E-state index is 11.8. The number of furan rings is 1. The van der Waals surface area contributed by atoms with E-state index in [0.29, 0.717) is 12.3 Å². The molecule has 0 aliphatic rings. The van der Waals surface area contributed by atoms with E-state index >= 15 is 0 Å². The highest BCUT2D eigenvalue weighted by atomic mass is 35.5. The molecule has 0 radical (unpaired) electrons. The van der Waals surface area contributed by atoms with E-state index < -0.39 is 0 Å². The van der Waals surface area contributed by atoms with Gasteiger partial charge in [0.05, 0.1) is 5.38 Å². The van der Waals surface area contributed by atoms with Crippen molar-refractivity contribution in [3.8, 4) is 0 Å². The van der Waals surface area contributed by atoms with Crippen molar-refractivity contribution in [3.05, 3.63) is 59.5 Å². The van der Waals surface area contributed by atoms with Gasteiger partial charge in [-0.1, -0.05) is 37.3 Å². The minimum Gasteiger partial charge on any atom is -0.456 e. The first kappa shape index (κ1) is 13.7. The van der Waals surface area contributed by atoms with Gasteiger partial charge in [-0.05, 0) is 17.7 Å². The van der Waals surface area contributed by atoms with Crippen LogP contribution in [0.2, 0.25) is 0 Å². The molecule has 1 unspecified atom stereocenters. The lowest BCUT2D eigenvalue weighted by atomic mass is 10.1. The number of benzene rings is 1. The second-order valence-electron chi connectivity index (χ2n) is 4.21. The van der Waals surface area contributed by atoms with E-state index in [4.69, 9.17) is 16.0 Å². The second-order valence-corrected chi connectivity index (χ2v) is 4.73. The van der Waals surface area contributed by atoms with Crippen LogP contribution in [0.5, 0.6) is 0 Å². The third kappa shape index (κ3) is 3.61. The predicted octanol–water partition coefficient (Wildman–Crippen LogP) is 3.55. The van der Waals surface area contributed by atoms with Crippen LogP contribution >= 0.6 is 11.6 Å². The first-order valence-corrected chi connectivity index (χ1v) is 6.70. The van der Waals surface area contributed by atoms with Gasteiger partial charge < -0.3 is 9.73 Å². The van der Waals surface area contributed by atoms with Gasteiger partial charge in [-0.2, -0.15) is 0 Å². The fourth-order valence-electron chi connectivity index (χ4n) is 1.74. The van der Waals surface area contributed by atoms with Crippen LogP contribution in [0.25, 0.3) is 0 Å². The van der Waals surface area contributed by atoms with E-state index in [0.717, 1.165) is 17.7 Å². The Hall–Kier alpha value is -1.74. The van der Waals surface area contributed by atoms with Crippen molar-refractivity contribution in [2.45, 2.75) is 18.7 Å². The zero-order chi connectivity index (χ0) is 13.7. The number of nitrogens with one attached hydrogen (secondary N) is 1. The first-order valence-electron chi connectivity index (χ1n) is 6.26. The second kappa shape index (κ2) is 6.43. The predicted molar refractivity (Wildman–Crippen MR) is 75.5 cm³/mol. The Morgan fingerprint density at radius 3 is 2.63 bits per heavy atom. The number of hydrogen-bond donors (Lipinski definition) is 1. The summed E-state index contributed by atoms with van der Waals surface area (Å²) < 4.78 is 5.38. The van der Waals surface area contributed by atoms with Crippen LogP contribution in [-0.4, -0.2) is 12.5 Å². The molecule has 2 aromatic rings. The molecule has 0 spiro atoms. The fraction of sp³-hybridized carbons (Fsp3) is 0.267. The van der Waals surface area contributed by atoms with Crippen LogP contribution in [0.3, 0.4) is 0 Å². The Morgan fingerprint density at radius 2 is 2.00 bits per heavy atom. The number of halogens is 1. The molecule has 0 saturated carbocycles. The molecule has 0 bridgehead atoms. The molecular weight excluding hydrogens is 262 g/mol. The monoisotopic (exact) mass is 277 g/mol. The summed E-state index contributed by atoms with van der Waals surface area (Å²) in [6.45, 7) is 2.34. The van der Waals surface area contributed by atoms with E-state index in [-0.39, 0.29) is 11.3 Å². The zero-order valence-corrected chi connectivity index (χ0v) is 11.5. The van der Waals surface area contributed by atoms with Crippen molar-refractivity contribution in [1.82, 2.24) is 5.32 Å². The smallest absolute Gasteiger partial charge is 0.287 e. The van der Waals surface area contributed by atoms with E-state index in [1.165, 1.54) is 0 Å². The average Bonchev–Trinajstić information content (AvgIpc) is 2.94. The molecule has 0 fully saturated rings. The van der Waals surface area contributed by atoms with Crippen molar-refractivity contribution >= 4 is 17.5 Å². The van der Waals surface area contributed by atoms with E-state index in [1.807, 2.05) is 43.3 Å². The molecule has 1 N–H and O–H groups in total. The molecule has 3 nitrogen and oxygen atoms in total. The topological polar surface area (TPSA) is 42.2 Å². The van der Waals surface area contributed by atoms with Crippen LogP contribution in [0.1, 0.15) is 34.2 Å². The number of alkyl halides is 1. The number of carbonyl (C=O) groups excluding carboxylic acids is 1. The molecule has 1 heterocycles. The Balaban J connectivity index is 1.90. The summed E-state index contributed by atoms with van der Waals surface area (Å²) in [4.78, 5) is 11.8. The van der Waals surface area contributed by atoms with Crippen molar-refractivity contribution in [2.75, 3.05) is 6.54 Å². The molecule has 100 valence electrons. The first-order chi connectivity index (χ1) is 9.20. The molecule has 1 amide bonds. The standard InChI is InChI=1S/C15H16ClNO2/c1-2-12-8-9-14(19-12)15(18)17-10-13(16)11-6-4-3-5-7-11/h3-9,13H,2,10H2,1H3,(H,17,18). The number of amides is 1.